The first-order valence-corrected chi connectivity index (χ1v) is 9.78. The predicted molar refractivity (Wildman–Crippen MR) is 113 cm³/mol. The molecule has 30 heavy (non-hydrogen) atoms. The van der Waals surface area contributed by atoms with Crippen LogP contribution in [0.25, 0.3) is 6.08 Å². The van der Waals surface area contributed by atoms with Gasteiger partial charge in [-0.05, 0) is 42.5 Å². The number of piperidine rings is 1. The second-order valence-electron chi connectivity index (χ2n) is 6.96. The topological polar surface area (TPSA) is 100 Å². The van der Waals surface area contributed by atoms with Gasteiger partial charge >= 0.3 is 0 Å². The normalized spacial score (nSPS) is 14.4. The molecule has 1 saturated heterocycles. The zero-order valence-corrected chi connectivity index (χ0v) is 17.2. The highest BCUT2D eigenvalue weighted by Crippen LogP contribution is 2.28. The van der Waals surface area contributed by atoms with Gasteiger partial charge in [-0.1, -0.05) is 6.07 Å². The summed E-state index contributed by atoms with van der Waals surface area (Å²) in [7, 11) is 3.16. The van der Waals surface area contributed by atoms with Gasteiger partial charge in [0.25, 0.3) is 0 Å². The highest BCUT2D eigenvalue weighted by molar-refractivity contribution is 5.91. The van der Waals surface area contributed by atoms with E-state index in [0.29, 0.717) is 35.5 Å². The number of nitrogens with zero attached hydrogens (tertiary/aromatic N) is 4. The summed E-state index contributed by atoms with van der Waals surface area (Å²) in [4.78, 5) is 22.6. The van der Waals surface area contributed by atoms with E-state index in [1.165, 1.54) is 12.3 Å². The summed E-state index contributed by atoms with van der Waals surface area (Å²) in [6.07, 6.45) is 8.24. The number of aromatic nitrogens is 2. The number of hydrogen-bond acceptors (Lipinski definition) is 7. The zero-order valence-electron chi connectivity index (χ0n) is 17.2. The number of nitriles is 1. The van der Waals surface area contributed by atoms with E-state index >= 15 is 0 Å². The summed E-state index contributed by atoms with van der Waals surface area (Å²) < 4.78 is 10.5. The molecule has 0 bridgehead atoms. The van der Waals surface area contributed by atoms with Crippen molar-refractivity contribution in [2.45, 2.75) is 12.8 Å². The first-order valence-electron chi connectivity index (χ1n) is 9.78. The number of nitrogens with one attached hydrogen (secondary N) is 1. The lowest BCUT2D eigenvalue weighted by Crippen LogP contribution is -2.39. The van der Waals surface area contributed by atoms with E-state index < -0.39 is 0 Å². The fourth-order valence-corrected chi connectivity index (χ4v) is 3.42. The average molecular weight is 407 g/mol. The number of anilines is 1. The summed E-state index contributed by atoms with van der Waals surface area (Å²) in [5, 5.41) is 12.2. The predicted octanol–water partition coefficient (Wildman–Crippen LogP) is 2.41. The molecule has 0 aliphatic carbocycles. The Morgan fingerprint density at radius 1 is 1.23 bits per heavy atom. The molecule has 0 spiro atoms. The van der Waals surface area contributed by atoms with Gasteiger partial charge in [0.05, 0.1) is 14.2 Å². The third kappa shape index (κ3) is 5.26. The molecule has 0 unspecified atom stereocenters. The molecule has 156 valence electrons. The average Bonchev–Trinajstić information content (AvgIpc) is 2.81. The number of benzene rings is 1. The molecule has 1 N–H and O–H groups in total. The van der Waals surface area contributed by atoms with Crippen LogP contribution in [0.5, 0.6) is 11.5 Å². The fourth-order valence-electron chi connectivity index (χ4n) is 3.42. The van der Waals surface area contributed by atoms with E-state index in [2.05, 4.69) is 26.3 Å². The van der Waals surface area contributed by atoms with Crippen LogP contribution >= 0.6 is 0 Å². The zero-order chi connectivity index (χ0) is 21.3. The molecule has 2 aromatic rings. The molecule has 3 rings (SSSR count). The molecule has 1 aliphatic rings. The maximum Gasteiger partial charge on any atom is 0.244 e. The Labute approximate surface area is 176 Å². The quantitative estimate of drug-likeness (QED) is 0.704. The molecular weight excluding hydrogens is 382 g/mol. The van der Waals surface area contributed by atoms with Crippen LogP contribution in [0.15, 0.2) is 36.7 Å². The van der Waals surface area contributed by atoms with E-state index in [1.807, 2.05) is 12.1 Å². The second-order valence-corrected chi connectivity index (χ2v) is 6.96. The van der Waals surface area contributed by atoms with Gasteiger partial charge in [-0.3, -0.25) is 4.79 Å². The van der Waals surface area contributed by atoms with Crippen molar-refractivity contribution >= 4 is 17.8 Å². The van der Waals surface area contributed by atoms with Crippen LogP contribution in [-0.2, 0) is 4.79 Å². The molecule has 2 heterocycles. The van der Waals surface area contributed by atoms with Crippen LogP contribution in [0.4, 0.5) is 5.82 Å². The monoisotopic (exact) mass is 407 g/mol. The molecule has 1 amide bonds. The molecule has 0 atom stereocenters. The van der Waals surface area contributed by atoms with Crippen LogP contribution in [0.1, 0.15) is 24.1 Å². The summed E-state index contributed by atoms with van der Waals surface area (Å²) in [6.45, 7) is 2.19. The number of methoxy groups -OCH3 is 2. The van der Waals surface area contributed by atoms with E-state index in [4.69, 9.17) is 9.47 Å². The van der Waals surface area contributed by atoms with Gasteiger partial charge in [0.2, 0.25) is 5.91 Å². The smallest absolute Gasteiger partial charge is 0.244 e. The van der Waals surface area contributed by atoms with E-state index in [1.54, 1.807) is 32.6 Å². The van der Waals surface area contributed by atoms with E-state index in [9.17, 15) is 10.1 Å². The maximum atomic E-state index is 12.2. The standard InChI is InChI=1S/C22H25N5O3/c1-29-19-5-3-16(13-20(19)30-2)4-6-21(28)26-15-17-7-11-27(12-8-17)22-18(14-23)24-9-10-25-22/h3-6,9-10,13,17H,7-8,11-12,15H2,1-2H3,(H,26,28)/b6-4+. The van der Waals surface area contributed by atoms with E-state index in [0.717, 1.165) is 31.5 Å². The molecule has 0 saturated carbocycles. The highest BCUT2D eigenvalue weighted by atomic mass is 16.5. The van der Waals surface area contributed by atoms with Gasteiger partial charge in [-0.2, -0.15) is 5.26 Å². The van der Waals surface area contributed by atoms with Crippen molar-refractivity contribution in [1.82, 2.24) is 15.3 Å². The molecule has 8 heteroatoms. The molecule has 0 radical (unpaired) electrons. The van der Waals surface area contributed by atoms with Crippen LogP contribution in [0, 0.1) is 17.2 Å². The largest absolute Gasteiger partial charge is 0.493 e. The summed E-state index contributed by atoms with van der Waals surface area (Å²) in [5.74, 6) is 2.17. The second kappa shape index (κ2) is 10.3. The summed E-state index contributed by atoms with van der Waals surface area (Å²) >= 11 is 0. The number of hydrogen-bond donors (Lipinski definition) is 1. The van der Waals surface area contributed by atoms with Crippen LogP contribution in [0.3, 0.4) is 0 Å². The number of amides is 1. The van der Waals surface area contributed by atoms with Crippen LogP contribution in [0.2, 0.25) is 0 Å². The minimum absolute atomic E-state index is 0.132. The first kappa shape index (κ1) is 21.1. The number of ether oxygens (including phenoxy) is 2. The summed E-state index contributed by atoms with van der Waals surface area (Å²) in [5.41, 5.74) is 1.21. The first-order chi connectivity index (χ1) is 14.6. The van der Waals surface area contributed by atoms with Crippen molar-refractivity contribution in [2.24, 2.45) is 5.92 Å². The number of rotatable bonds is 7. The van der Waals surface area contributed by atoms with Gasteiger partial charge in [0.1, 0.15) is 6.07 Å². The lowest BCUT2D eigenvalue weighted by Gasteiger charge is -2.32. The maximum absolute atomic E-state index is 12.2. The lowest BCUT2D eigenvalue weighted by atomic mass is 9.96. The Morgan fingerprint density at radius 3 is 2.67 bits per heavy atom. The lowest BCUT2D eigenvalue weighted by molar-refractivity contribution is -0.116. The van der Waals surface area contributed by atoms with Crippen molar-refractivity contribution in [3.63, 3.8) is 0 Å². The highest BCUT2D eigenvalue weighted by Gasteiger charge is 2.22. The molecule has 1 aromatic carbocycles. The van der Waals surface area contributed by atoms with Crippen molar-refractivity contribution in [3.8, 4) is 17.6 Å². The third-order valence-corrected chi connectivity index (χ3v) is 5.10. The van der Waals surface area contributed by atoms with Gasteiger partial charge in [-0.25, -0.2) is 9.97 Å². The van der Waals surface area contributed by atoms with Gasteiger partial charge < -0.3 is 19.7 Å². The Kier molecular flexibility index (Phi) is 7.22. The van der Waals surface area contributed by atoms with E-state index in [-0.39, 0.29) is 5.91 Å². The van der Waals surface area contributed by atoms with Crippen LogP contribution < -0.4 is 19.7 Å². The Balaban J connectivity index is 1.47. The van der Waals surface area contributed by atoms with Crippen molar-refractivity contribution in [3.05, 3.63) is 47.9 Å². The number of carbonyl (C=O) groups excluding carboxylic acids is 1. The molecule has 1 fully saturated rings. The Morgan fingerprint density at radius 2 is 1.97 bits per heavy atom. The molecule has 1 aliphatic heterocycles. The number of carbonyl (C=O) groups is 1. The van der Waals surface area contributed by atoms with Crippen molar-refractivity contribution in [1.29, 1.82) is 5.26 Å². The fraction of sp³-hybridized carbons (Fsp3) is 0.364. The Bertz CT molecular complexity index is 946. The van der Waals surface area contributed by atoms with Gasteiger partial charge in [-0.15, -0.1) is 0 Å². The minimum Gasteiger partial charge on any atom is -0.493 e. The molecule has 8 nitrogen and oxygen atoms in total. The van der Waals surface area contributed by atoms with Gasteiger partial charge in [0, 0.05) is 38.1 Å². The summed E-state index contributed by atoms with van der Waals surface area (Å²) in [6, 6.07) is 7.58. The third-order valence-electron chi connectivity index (χ3n) is 5.10. The minimum atomic E-state index is -0.132. The van der Waals surface area contributed by atoms with Crippen molar-refractivity contribution in [2.75, 3.05) is 38.8 Å². The molecule has 1 aromatic heterocycles. The SMILES string of the molecule is COc1ccc(/C=C/C(=O)NCC2CCN(c3nccnc3C#N)CC2)cc1OC. The molecular formula is C22H25N5O3. The van der Waals surface area contributed by atoms with Crippen molar-refractivity contribution < 1.29 is 14.3 Å². The van der Waals surface area contributed by atoms with Crippen LogP contribution in [-0.4, -0.2) is 49.7 Å². The van der Waals surface area contributed by atoms with Gasteiger partial charge in [0.15, 0.2) is 23.0 Å². The Hall–Kier alpha value is -3.60.